The number of cyclic esters (lactones) is 1. The molecule has 1 aliphatic rings. The lowest BCUT2D eigenvalue weighted by atomic mass is 10.1. The Hall–Kier alpha value is -1.64. The standard InChI is InChI=1S/C11H11NO2/c1-11(2)10(13)14-9(12-11)8-6-4-3-5-7-8/h3-7H,1-2H3. The lowest BCUT2D eigenvalue weighted by Crippen LogP contribution is -2.25. The van der Waals surface area contributed by atoms with E-state index in [4.69, 9.17) is 4.74 Å². The number of aliphatic imine (C=N–C) groups is 1. The molecule has 1 aromatic carbocycles. The highest BCUT2D eigenvalue weighted by Gasteiger charge is 2.37. The molecule has 0 saturated heterocycles. The summed E-state index contributed by atoms with van der Waals surface area (Å²) in [5.74, 6) is 0.122. The molecule has 0 radical (unpaired) electrons. The Morgan fingerprint density at radius 3 is 2.36 bits per heavy atom. The van der Waals surface area contributed by atoms with E-state index in [2.05, 4.69) is 4.99 Å². The molecule has 1 heterocycles. The number of carbonyl (C=O) groups is 1. The molecule has 0 aliphatic carbocycles. The van der Waals surface area contributed by atoms with Gasteiger partial charge < -0.3 is 4.74 Å². The fourth-order valence-corrected chi connectivity index (χ4v) is 1.24. The van der Waals surface area contributed by atoms with Crippen LogP contribution in [-0.4, -0.2) is 17.4 Å². The van der Waals surface area contributed by atoms with Crippen LogP contribution >= 0.6 is 0 Å². The Kier molecular flexibility index (Phi) is 1.88. The van der Waals surface area contributed by atoms with Crippen molar-refractivity contribution in [2.45, 2.75) is 19.4 Å². The minimum absolute atomic E-state index is 0.295. The van der Waals surface area contributed by atoms with E-state index in [-0.39, 0.29) is 5.97 Å². The molecule has 2 rings (SSSR count). The first kappa shape index (κ1) is 8.94. The summed E-state index contributed by atoms with van der Waals surface area (Å²) in [6.45, 7) is 3.48. The summed E-state index contributed by atoms with van der Waals surface area (Å²) in [4.78, 5) is 15.6. The van der Waals surface area contributed by atoms with Crippen LogP contribution in [0, 0.1) is 0 Å². The Labute approximate surface area is 82.4 Å². The third-order valence-corrected chi connectivity index (χ3v) is 2.09. The second-order valence-electron chi connectivity index (χ2n) is 3.73. The highest BCUT2D eigenvalue weighted by atomic mass is 16.6. The molecule has 0 spiro atoms. The number of hydrogen-bond acceptors (Lipinski definition) is 3. The number of benzene rings is 1. The zero-order valence-corrected chi connectivity index (χ0v) is 8.15. The van der Waals surface area contributed by atoms with Gasteiger partial charge in [-0.05, 0) is 26.0 Å². The van der Waals surface area contributed by atoms with Gasteiger partial charge in [0.05, 0.1) is 0 Å². The first-order valence-corrected chi connectivity index (χ1v) is 4.47. The van der Waals surface area contributed by atoms with E-state index in [1.807, 2.05) is 30.3 Å². The van der Waals surface area contributed by atoms with Gasteiger partial charge in [-0.15, -0.1) is 0 Å². The molecule has 72 valence electrons. The van der Waals surface area contributed by atoms with Crippen molar-refractivity contribution in [1.29, 1.82) is 0 Å². The fourth-order valence-electron chi connectivity index (χ4n) is 1.24. The topological polar surface area (TPSA) is 38.7 Å². The molecule has 0 saturated carbocycles. The molecule has 0 bridgehead atoms. The van der Waals surface area contributed by atoms with Crippen molar-refractivity contribution in [1.82, 2.24) is 0 Å². The summed E-state index contributed by atoms with van der Waals surface area (Å²) < 4.78 is 5.07. The van der Waals surface area contributed by atoms with Gasteiger partial charge in [0, 0.05) is 5.56 Å². The molecule has 1 aliphatic heterocycles. The fraction of sp³-hybridized carbons (Fsp3) is 0.273. The Morgan fingerprint density at radius 1 is 1.21 bits per heavy atom. The van der Waals surface area contributed by atoms with Crippen molar-refractivity contribution in [3.63, 3.8) is 0 Å². The van der Waals surface area contributed by atoms with Gasteiger partial charge in [-0.2, -0.15) is 0 Å². The number of ether oxygens (including phenoxy) is 1. The largest absolute Gasteiger partial charge is 0.405 e. The summed E-state index contributed by atoms with van der Waals surface area (Å²) in [6, 6.07) is 9.42. The molecule has 0 fully saturated rings. The highest BCUT2D eigenvalue weighted by Crippen LogP contribution is 2.21. The number of rotatable bonds is 1. The minimum atomic E-state index is -0.745. The predicted octanol–water partition coefficient (Wildman–Crippen LogP) is 1.77. The van der Waals surface area contributed by atoms with Crippen LogP contribution in [-0.2, 0) is 9.53 Å². The van der Waals surface area contributed by atoms with Gasteiger partial charge in [-0.3, -0.25) is 0 Å². The van der Waals surface area contributed by atoms with E-state index in [0.717, 1.165) is 5.56 Å². The van der Waals surface area contributed by atoms with E-state index in [1.165, 1.54) is 0 Å². The van der Waals surface area contributed by atoms with Crippen LogP contribution in [0.1, 0.15) is 19.4 Å². The van der Waals surface area contributed by atoms with Crippen molar-refractivity contribution in [3.8, 4) is 0 Å². The van der Waals surface area contributed by atoms with Crippen molar-refractivity contribution >= 4 is 11.9 Å². The molecular weight excluding hydrogens is 178 g/mol. The maximum absolute atomic E-state index is 11.3. The Bertz CT molecular complexity index is 393. The third-order valence-electron chi connectivity index (χ3n) is 2.09. The van der Waals surface area contributed by atoms with Crippen molar-refractivity contribution in [2.24, 2.45) is 4.99 Å². The van der Waals surface area contributed by atoms with Gasteiger partial charge in [-0.1, -0.05) is 18.2 Å². The molecular formula is C11H11NO2. The van der Waals surface area contributed by atoms with Gasteiger partial charge in [0.15, 0.2) is 5.54 Å². The number of esters is 1. The van der Waals surface area contributed by atoms with Crippen LogP contribution in [0.5, 0.6) is 0 Å². The van der Waals surface area contributed by atoms with Crippen LogP contribution < -0.4 is 0 Å². The van der Waals surface area contributed by atoms with Crippen LogP contribution in [0.15, 0.2) is 35.3 Å². The molecule has 1 aromatic rings. The zero-order chi connectivity index (χ0) is 10.2. The average Bonchev–Trinajstić information content (AvgIpc) is 2.43. The summed E-state index contributed by atoms with van der Waals surface area (Å²) in [7, 11) is 0. The molecule has 14 heavy (non-hydrogen) atoms. The average molecular weight is 189 g/mol. The van der Waals surface area contributed by atoms with Crippen molar-refractivity contribution < 1.29 is 9.53 Å². The molecule has 0 aromatic heterocycles. The normalized spacial score (nSPS) is 19.0. The van der Waals surface area contributed by atoms with Crippen molar-refractivity contribution in [2.75, 3.05) is 0 Å². The SMILES string of the molecule is CC1(C)N=C(c2ccccc2)OC1=O. The van der Waals surface area contributed by atoms with Crippen LogP contribution in [0.4, 0.5) is 0 Å². The molecule has 0 amide bonds. The van der Waals surface area contributed by atoms with E-state index >= 15 is 0 Å². The van der Waals surface area contributed by atoms with Gasteiger partial charge >= 0.3 is 5.97 Å². The van der Waals surface area contributed by atoms with Crippen LogP contribution in [0.3, 0.4) is 0 Å². The minimum Gasteiger partial charge on any atom is -0.405 e. The summed E-state index contributed by atoms with van der Waals surface area (Å²) in [5.41, 5.74) is 0.0944. The van der Waals surface area contributed by atoms with Gasteiger partial charge in [0.2, 0.25) is 5.90 Å². The summed E-state index contributed by atoms with van der Waals surface area (Å²) in [5, 5.41) is 0. The molecule has 3 nitrogen and oxygen atoms in total. The number of nitrogens with zero attached hydrogens (tertiary/aromatic N) is 1. The quantitative estimate of drug-likeness (QED) is 0.631. The maximum Gasteiger partial charge on any atom is 0.340 e. The lowest BCUT2D eigenvalue weighted by molar-refractivity contribution is -0.137. The highest BCUT2D eigenvalue weighted by molar-refractivity contribution is 6.07. The Morgan fingerprint density at radius 2 is 1.86 bits per heavy atom. The monoisotopic (exact) mass is 189 g/mol. The van der Waals surface area contributed by atoms with E-state index in [0.29, 0.717) is 5.90 Å². The zero-order valence-electron chi connectivity index (χ0n) is 8.15. The van der Waals surface area contributed by atoms with Crippen LogP contribution in [0.2, 0.25) is 0 Å². The van der Waals surface area contributed by atoms with E-state index < -0.39 is 5.54 Å². The first-order chi connectivity index (χ1) is 6.59. The van der Waals surface area contributed by atoms with E-state index in [1.54, 1.807) is 13.8 Å². The van der Waals surface area contributed by atoms with E-state index in [9.17, 15) is 4.79 Å². The maximum atomic E-state index is 11.3. The van der Waals surface area contributed by atoms with Gasteiger partial charge in [0.25, 0.3) is 0 Å². The second kappa shape index (κ2) is 2.94. The number of hydrogen-bond donors (Lipinski definition) is 0. The molecule has 3 heteroatoms. The van der Waals surface area contributed by atoms with Gasteiger partial charge in [0.1, 0.15) is 0 Å². The smallest absolute Gasteiger partial charge is 0.340 e. The Balaban J connectivity index is 2.36. The molecule has 0 atom stereocenters. The summed E-state index contributed by atoms with van der Waals surface area (Å²) in [6.07, 6.45) is 0. The van der Waals surface area contributed by atoms with Crippen LogP contribution in [0.25, 0.3) is 0 Å². The number of carbonyl (C=O) groups excluding carboxylic acids is 1. The third kappa shape index (κ3) is 1.41. The predicted molar refractivity (Wildman–Crippen MR) is 53.2 cm³/mol. The first-order valence-electron chi connectivity index (χ1n) is 4.47. The second-order valence-corrected chi connectivity index (χ2v) is 3.73. The molecule has 0 unspecified atom stereocenters. The van der Waals surface area contributed by atoms with Gasteiger partial charge in [-0.25, -0.2) is 9.79 Å². The molecule has 0 N–H and O–H groups in total. The summed E-state index contributed by atoms with van der Waals surface area (Å²) >= 11 is 0. The lowest BCUT2D eigenvalue weighted by Gasteiger charge is -2.05. The van der Waals surface area contributed by atoms with Crippen molar-refractivity contribution in [3.05, 3.63) is 35.9 Å².